The Labute approximate surface area is 125 Å². The highest BCUT2D eigenvalue weighted by molar-refractivity contribution is 5.38. The summed E-state index contributed by atoms with van der Waals surface area (Å²) in [7, 11) is 1.87. The van der Waals surface area contributed by atoms with Crippen molar-refractivity contribution in [1.82, 2.24) is 9.97 Å². The first kappa shape index (κ1) is 13.9. The number of rotatable bonds is 7. The predicted molar refractivity (Wildman–Crippen MR) is 83.8 cm³/mol. The van der Waals surface area contributed by atoms with Crippen LogP contribution >= 0.6 is 0 Å². The van der Waals surface area contributed by atoms with Crippen LogP contribution in [0.3, 0.4) is 0 Å². The molecule has 1 N–H and O–H groups in total. The molecular weight excluding hydrogens is 262 g/mol. The van der Waals surface area contributed by atoms with E-state index in [1.54, 1.807) is 0 Å². The normalized spacial score (nSPS) is 14.0. The van der Waals surface area contributed by atoms with Gasteiger partial charge in [0.2, 0.25) is 5.88 Å². The van der Waals surface area contributed by atoms with E-state index in [2.05, 4.69) is 39.6 Å². The Bertz CT molecular complexity index is 582. The number of ether oxygens (including phenoxy) is 1. The smallest absolute Gasteiger partial charge is 0.218 e. The molecule has 1 saturated carbocycles. The van der Waals surface area contributed by atoms with E-state index in [0.29, 0.717) is 18.4 Å². The number of nitrogens with zero attached hydrogens (tertiary/aromatic N) is 2. The van der Waals surface area contributed by atoms with E-state index in [1.165, 1.54) is 18.4 Å². The van der Waals surface area contributed by atoms with Gasteiger partial charge >= 0.3 is 0 Å². The molecule has 110 valence electrons. The lowest BCUT2D eigenvalue weighted by atomic mass is 10.1. The summed E-state index contributed by atoms with van der Waals surface area (Å²) in [6, 6.07) is 12.3. The summed E-state index contributed by atoms with van der Waals surface area (Å²) in [5.74, 6) is 2.97. The fourth-order valence-electron chi connectivity index (χ4n) is 2.27. The molecule has 1 aromatic carbocycles. The number of nitrogens with one attached hydrogen (secondary N) is 1. The van der Waals surface area contributed by atoms with Crippen molar-refractivity contribution < 1.29 is 4.74 Å². The Kier molecular flexibility index (Phi) is 4.34. The summed E-state index contributed by atoms with van der Waals surface area (Å²) in [6.45, 7) is 0.680. The van der Waals surface area contributed by atoms with Gasteiger partial charge in [0, 0.05) is 19.0 Å². The molecule has 0 amide bonds. The van der Waals surface area contributed by atoms with Gasteiger partial charge in [-0.15, -0.1) is 0 Å². The molecule has 0 spiro atoms. The summed E-state index contributed by atoms with van der Waals surface area (Å²) in [5.41, 5.74) is 1.35. The molecule has 3 rings (SSSR count). The molecule has 0 unspecified atom stereocenters. The van der Waals surface area contributed by atoms with Crippen molar-refractivity contribution in [3.63, 3.8) is 0 Å². The minimum Gasteiger partial charge on any atom is -0.478 e. The van der Waals surface area contributed by atoms with Crippen LogP contribution in [0, 0.1) is 0 Å². The number of hydrogen-bond acceptors (Lipinski definition) is 4. The number of aromatic nitrogens is 2. The lowest BCUT2D eigenvalue weighted by molar-refractivity contribution is 0.298. The molecule has 21 heavy (non-hydrogen) atoms. The lowest BCUT2D eigenvalue weighted by Gasteiger charge is -2.09. The summed E-state index contributed by atoms with van der Waals surface area (Å²) in [6.07, 6.45) is 4.41. The number of hydrogen-bond donors (Lipinski definition) is 1. The summed E-state index contributed by atoms with van der Waals surface area (Å²) >= 11 is 0. The standard InChI is InChI=1S/C17H21N3O/c1-18-15-12-16(20-17(19-15)14-9-10-14)21-11-5-8-13-6-3-2-4-7-13/h2-4,6-7,12,14H,5,8-11H2,1H3,(H,18,19,20). The van der Waals surface area contributed by atoms with Gasteiger partial charge in [0.25, 0.3) is 0 Å². The van der Waals surface area contributed by atoms with Crippen LogP contribution in [0.4, 0.5) is 5.82 Å². The van der Waals surface area contributed by atoms with Crippen LogP contribution in [-0.2, 0) is 6.42 Å². The second-order valence-corrected chi connectivity index (χ2v) is 5.41. The van der Waals surface area contributed by atoms with Gasteiger partial charge in [-0.2, -0.15) is 4.98 Å². The van der Waals surface area contributed by atoms with E-state index < -0.39 is 0 Å². The van der Waals surface area contributed by atoms with Crippen LogP contribution in [0.2, 0.25) is 0 Å². The second-order valence-electron chi connectivity index (χ2n) is 5.41. The van der Waals surface area contributed by atoms with Crippen LogP contribution in [0.25, 0.3) is 0 Å². The highest BCUT2D eigenvalue weighted by Crippen LogP contribution is 2.39. The van der Waals surface area contributed by atoms with Crippen molar-refractivity contribution in [3.8, 4) is 5.88 Å². The fraction of sp³-hybridized carbons (Fsp3) is 0.412. The van der Waals surface area contributed by atoms with Crippen LogP contribution in [0.5, 0.6) is 5.88 Å². The monoisotopic (exact) mass is 283 g/mol. The van der Waals surface area contributed by atoms with Gasteiger partial charge in [-0.3, -0.25) is 0 Å². The largest absolute Gasteiger partial charge is 0.478 e. The molecule has 0 radical (unpaired) electrons. The van der Waals surface area contributed by atoms with Gasteiger partial charge in [0.15, 0.2) is 0 Å². The van der Waals surface area contributed by atoms with Gasteiger partial charge in [-0.1, -0.05) is 30.3 Å². The first-order valence-corrected chi connectivity index (χ1v) is 7.58. The van der Waals surface area contributed by atoms with Crippen molar-refractivity contribution in [2.45, 2.75) is 31.6 Å². The molecule has 0 bridgehead atoms. The van der Waals surface area contributed by atoms with Gasteiger partial charge in [-0.05, 0) is 31.2 Å². The second kappa shape index (κ2) is 6.57. The van der Waals surface area contributed by atoms with Crippen molar-refractivity contribution in [1.29, 1.82) is 0 Å². The Morgan fingerprint density at radius 2 is 2.00 bits per heavy atom. The van der Waals surface area contributed by atoms with E-state index in [1.807, 2.05) is 19.2 Å². The zero-order valence-corrected chi connectivity index (χ0v) is 12.4. The van der Waals surface area contributed by atoms with Crippen LogP contribution in [0.1, 0.15) is 36.6 Å². The van der Waals surface area contributed by atoms with E-state index >= 15 is 0 Å². The molecule has 1 aromatic heterocycles. The molecule has 1 aliphatic carbocycles. The molecule has 4 nitrogen and oxygen atoms in total. The van der Waals surface area contributed by atoms with Gasteiger partial charge in [0.05, 0.1) is 6.61 Å². The number of aryl methyl sites for hydroxylation is 1. The SMILES string of the molecule is CNc1cc(OCCCc2ccccc2)nc(C2CC2)n1. The van der Waals surface area contributed by atoms with Crippen molar-refractivity contribution in [2.24, 2.45) is 0 Å². The van der Waals surface area contributed by atoms with Gasteiger partial charge < -0.3 is 10.1 Å². The molecule has 0 atom stereocenters. The van der Waals surface area contributed by atoms with Crippen molar-refractivity contribution in [2.75, 3.05) is 19.0 Å². The average Bonchev–Trinajstić information content (AvgIpc) is 3.37. The summed E-state index contributed by atoms with van der Waals surface area (Å²) < 4.78 is 5.80. The van der Waals surface area contributed by atoms with Crippen molar-refractivity contribution >= 4 is 5.82 Å². The van der Waals surface area contributed by atoms with Gasteiger partial charge in [-0.25, -0.2) is 4.98 Å². The Balaban J connectivity index is 1.53. The van der Waals surface area contributed by atoms with E-state index in [0.717, 1.165) is 24.5 Å². The summed E-state index contributed by atoms with van der Waals surface area (Å²) in [4.78, 5) is 9.00. The maximum atomic E-state index is 5.80. The first-order chi connectivity index (χ1) is 10.3. The zero-order chi connectivity index (χ0) is 14.5. The number of benzene rings is 1. The summed E-state index contributed by atoms with van der Waals surface area (Å²) in [5, 5.41) is 3.08. The average molecular weight is 283 g/mol. The highest BCUT2D eigenvalue weighted by Gasteiger charge is 2.27. The van der Waals surface area contributed by atoms with E-state index in [-0.39, 0.29) is 0 Å². The quantitative estimate of drug-likeness (QED) is 0.791. The Hall–Kier alpha value is -2.10. The third kappa shape index (κ3) is 3.94. The Morgan fingerprint density at radius 3 is 2.71 bits per heavy atom. The highest BCUT2D eigenvalue weighted by atomic mass is 16.5. The maximum absolute atomic E-state index is 5.80. The molecule has 0 aliphatic heterocycles. The predicted octanol–water partition coefficient (Wildman–Crippen LogP) is 3.41. The van der Waals surface area contributed by atoms with Gasteiger partial charge in [0.1, 0.15) is 11.6 Å². The first-order valence-electron chi connectivity index (χ1n) is 7.58. The maximum Gasteiger partial charge on any atom is 0.218 e. The van der Waals surface area contributed by atoms with E-state index in [9.17, 15) is 0 Å². The van der Waals surface area contributed by atoms with Crippen LogP contribution in [-0.4, -0.2) is 23.6 Å². The van der Waals surface area contributed by atoms with Crippen LogP contribution < -0.4 is 10.1 Å². The Morgan fingerprint density at radius 1 is 1.19 bits per heavy atom. The minimum atomic E-state index is 0.532. The minimum absolute atomic E-state index is 0.532. The molecule has 2 aromatic rings. The molecule has 0 saturated heterocycles. The third-order valence-corrected chi connectivity index (χ3v) is 3.62. The van der Waals surface area contributed by atoms with Crippen molar-refractivity contribution in [3.05, 3.63) is 47.8 Å². The molecule has 1 heterocycles. The molecule has 4 heteroatoms. The fourth-order valence-corrected chi connectivity index (χ4v) is 2.27. The topological polar surface area (TPSA) is 47.0 Å². The third-order valence-electron chi connectivity index (χ3n) is 3.62. The zero-order valence-electron chi connectivity index (χ0n) is 12.4. The molecular formula is C17H21N3O. The van der Waals surface area contributed by atoms with E-state index in [4.69, 9.17) is 4.74 Å². The number of anilines is 1. The molecule has 1 aliphatic rings. The van der Waals surface area contributed by atoms with Crippen LogP contribution in [0.15, 0.2) is 36.4 Å². The lowest BCUT2D eigenvalue weighted by Crippen LogP contribution is -2.05. The molecule has 1 fully saturated rings.